The average molecular weight is 349 g/mol. The highest BCUT2D eigenvalue weighted by Crippen LogP contribution is 2.14. The number of alkyl halides is 1. The smallest absolute Gasteiger partial charge is 0.240 e. The summed E-state index contributed by atoms with van der Waals surface area (Å²) < 4.78 is 25.2. The van der Waals surface area contributed by atoms with Crippen LogP contribution in [0.15, 0.2) is 29.2 Å². The maximum atomic E-state index is 11.6. The molecule has 0 saturated heterocycles. The molecule has 0 aromatic heterocycles. The van der Waals surface area contributed by atoms with Crippen molar-refractivity contribution in [1.29, 1.82) is 0 Å². The topological polar surface area (TPSA) is 75.3 Å². The number of carbonyl (C=O) groups is 1. The van der Waals surface area contributed by atoms with Gasteiger partial charge in [-0.15, -0.1) is 0 Å². The predicted molar refractivity (Wildman–Crippen MR) is 79.0 cm³/mol. The third-order valence-corrected chi connectivity index (χ3v) is 4.50. The van der Waals surface area contributed by atoms with E-state index in [-0.39, 0.29) is 10.8 Å². The van der Waals surface area contributed by atoms with Crippen molar-refractivity contribution in [2.24, 2.45) is 0 Å². The van der Waals surface area contributed by atoms with Gasteiger partial charge in [0.2, 0.25) is 15.9 Å². The number of halogens is 1. The molecule has 1 rings (SSSR count). The molecule has 106 valence electrons. The Morgan fingerprint density at radius 3 is 2.37 bits per heavy atom. The second-order valence-electron chi connectivity index (χ2n) is 3.93. The number of hydrogen-bond acceptors (Lipinski definition) is 3. The number of benzene rings is 1. The minimum absolute atomic E-state index is 0.0647. The number of carbonyl (C=O) groups excluding carboxylic acids is 1. The zero-order chi connectivity index (χ0) is 14.3. The summed E-state index contributed by atoms with van der Waals surface area (Å²) in [5, 5.41) is 3.61. The van der Waals surface area contributed by atoms with E-state index in [1.807, 2.05) is 0 Å². The van der Waals surface area contributed by atoms with Gasteiger partial charge in [-0.1, -0.05) is 15.9 Å². The van der Waals surface area contributed by atoms with E-state index in [2.05, 4.69) is 26.0 Å². The van der Waals surface area contributed by atoms with Crippen LogP contribution in [0.2, 0.25) is 0 Å². The normalized spacial score (nSPS) is 11.3. The first-order valence-electron chi connectivity index (χ1n) is 5.89. The Hall–Kier alpha value is -0.920. The molecule has 0 aliphatic heterocycles. The van der Waals surface area contributed by atoms with Crippen LogP contribution < -0.4 is 10.0 Å². The van der Waals surface area contributed by atoms with Crippen LogP contribution in [0.1, 0.15) is 19.3 Å². The molecular formula is C12H17BrN2O3S. The molecule has 0 unspecified atom stereocenters. The fourth-order valence-corrected chi connectivity index (χ4v) is 2.57. The monoisotopic (exact) mass is 348 g/mol. The fourth-order valence-electron chi connectivity index (χ4n) is 1.44. The summed E-state index contributed by atoms with van der Waals surface area (Å²) >= 11 is 3.31. The molecule has 19 heavy (non-hydrogen) atoms. The van der Waals surface area contributed by atoms with E-state index < -0.39 is 10.0 Å². The van der Waals surface area contributed by atoms with E-state index in [1.54, 1.807) is 12.1 Å². The molecule has 1 aromatic carbocycles. The molecule has 0 fully saturated rings. The summed E-state index contributed by atoms with van der Waals surface area (Å²) in [6, 6.07) is 6.07. The van der Waals surface area contributed by atoms with Crippen molar-refractivity contribution in [3.05, 3.63) is 24.3 Å². The molecule has 1 aromatic rings. The second kappa shape index (κ2) is 7.62. The van der Waals surface area contributed by atoms with Gasteiger partial charge in [0.25, 0.3) is 0 Å². The molecule has 1 amide bonds. The molecule has 2 N–H and O–H groups in total. The first-order valence-corrected chi connectivity index (χ1v) is 8.49. The molecule has 0 aliphatic carbocycles. The zero-order valence-corrected chi connectivity index (χ0v) is 13.1. The van der Waals surface area contributed by atoms with E-state index in [1.165, 1.54) is 19.2 Å². The second-order valence-corrected chi connectivity index (χ2v) is 6.61. The Labute approximate surface area is 122 Å². The molecule has 0 aliphatic rings. The number of sulfonamides is 1. The van der Waals surface area contributed by atoms with Crippen molar-refractivity contribution in [3.8, 4) is 0 Å². The van der Waals surface area contributed by atoms with Gasteiger partial charge in [-0.05, 0) is 44.2 Å². The maximum absolute atomic E-state index is 11.6. The molecule has 0 atom stereocenters. The van der Waals surface area contributed by atoms with Gasteiger partial charge >= 0.3 is 0 Å². The lowest BCUT2D eigenvalue weighted by atomic mass is 10.2. The fraction of sp³-hybridized carbons (Fsp3) is 0.417. The molecule has 0 radical (unpaired) electrons. The molecule has 0 spiro atoms. The lowest BCUT2D eigenvalue weighted by Gasteiger charge is -2.06. The number of amides is 1. The SMILES string of the molecule is CNS(=O)(=O)c1ccc(NC(=O)CCCCBr)cc1. The van der Waals surface area contributed by atoms with Crippen LogP contribution in [0.3, 0.4) is 0 Å². The third kappa shape index (κ3) is 5.30. The van der Waals surface area contributed by atoms with Crippen LogP contribution in [-0.2, 0) is 14.8 Å². The molecule has 0 heterocycles. The first kappa shape index (κ1) is 16.1. The number of hydrogen-bond donors (Lipinski definition) is 2. The standard InChI is InChI=1S/C12H17BrN2O3S/c1-14-19(17,18)11-7-5-10(6-8-11)15-12(16)4-2-3-9-13/h5-8,14H,2-4,9H2,1H3,(H,15,16). The maximum Gasteiger partial charge on any atom is 0.240 e. The highest BCUT2D eigenvalue weighted by atomic mass is 79.9. The highest BCUT2D eigenvalue weighted by Gasteiger charge is 2.10. The predicted octanol–water partition coefficient (Wildman–Crippen LogP) is 2.10. The summed E-state index contributed by atoms with van der Waals surface area (Å²) in [4.78, 5) is 11.7. The summed E-state index contributed by atoms with van der Waals surface area (Å²) in [5.74, 6) is -0.0647. The zero-order valence-electron chi connectivity index (χ0n) is 10.6. The van der Waals surface area contributed by atoms with Gasteiger partial charge in [0, 0.05) is 17.4 Å². The molecule has 0 saturated carbocycles. The van der Waals surface area contributed by atoms with Crippen LogP contribution in [0, 0.1) is 0 Å². The van der Waals surface area contributed by atoms with Gasteiger partial charge in [0.1, 0.15) is 0 Å². The first-order chi connectivity index (χ1) is 8.99. The Bertz CT molecular complexity index is 514. The number of unbranched alkanes of at least 4 members (excludes halogenated alkanes) is 1. The quantitative estimate of drug-likeness (QED) is 0.585. The number of anilines is 1. The Morgan fingerprint density at radius 1 is 1.21 bits per heavy atom. The molecular weight excluding hydrogens is 332 g/mol. The van der Waals surface area contributed by atoms with Crippen molar-refractivity contribution in [1.82, 2.24) is 4.72 Å². The van der Waals surface area contributed by atoms with Crippen molar-refractivity contribution in [2.45, 2.75) is 24.2 Å². The van der Waals surface area contributed by atoms with Gasteiger partial charge in [-0.25, -0.2) is 13.1 Å². The molecule has 0 bridgehead atoms. The van der Waals surface area contributed by atoms with Gasteiger partial charge in [-0.2, -0.15) is 0 Å². The van der Waals surface area contributed by atoms with Gasteiger partial charge in [0.15, 0.2) is 0 Å². The summed E-state index contributed by atoms with van der Waals surface area (Å²) in [6.45, 7) is 0. The Morgan fingerprint density at radius 2 is 1.84 bits per heavy atom. The number of rotatable bonds is 7. The molecule has 5 nitrogen and oxygen atoms in total. The Kier molecular flexibility index (Phi) is 6.47. The summed E-state index contributed by atoms with van der Waals surface area (Å²) in [6.07, 6.45) is 2.23. The average Bonchev–Trinajstić information content (AvgIpc) is 2.39. The number of nitrogens with one attached hydrogen (secondary N) is 2. The van der Waals surface area contributed by atoms with Crippen LogP contribution in [0.25, 0.3) is 0 Å². The highest BCUT2D eigenvalue weighted by molar-refractivity contribution is 9.09. The lowest BCUT2D eigenvalue weighted by Crippen LogP contribution is -2.18. The third-order valence-electron chi connectivity index (χ3n) is 2.50. The van der Waals surface area contributed by atoms with Crippen LogP contribution in [0.5, 0.6) is 0 Å². The summed E-state index contributed by atoms with van der Waals surface area (Å²) in [7, 11) is -2.07. The van der Waals surface area contributed by atoms with E-state index >= 15 is 0 Å². The van der Waals surface area contributed by atoms with Crippen molar-refractivity contribution < 1.29 is 13.2 Å². The van der Waals surface area contributed by atoms with Crippen molar-refractivity contribution in [3.63, 3.8) is 0 Å². The minimum Gasteiger partial charge on any atom is -0.326 e. The van der Waals surface area contributed by atoms with Crippen molar-refractivity contribution in [2.75, 3.05) is 17.7 Å². The van der Waals surface area contributed by atoms with E-state index in [0.717, 1.165) is 18.2 Å². The van der Waals surface area contributed by atoms with Gasteiger partial charge in [-0.3, -0.25) is 4.79 Å². The van der Waals surface area contributed by atoms with Gasteiger partial charge in [0.05, 0.1) is 4.90 Å². The van der Waals surface area contributed by atoms with E-state index in [4.69, 9.17) is 0 Å². The van der Waals surface area contributed by atoms with Crippen LogP contribution >= 0.6 is 15.9 Å². The lowest BCUT2D eigenvalue weighted by molar-refractivity contribution is -0.116. The minimum atomic E-state index is -3.43. The largest absolute Gasteiger partial charge is 0.326 e. The molecule has 7 heteroatoms. The summed E-state index contributed by atoms with van der Waals surface area (Å²) in [5.41, 5.74) is 0.596. The van der Waals surface area contributed by atoms with Crippen LogP contribution in [-0.4, -0.2) is 26.7 Å². The van der Waals surface area contributed by atoms with E-state index in [9.17, 15) is 13.2 Å². The van der Waals surface area contributed by atoms with Crippen LogP contribution in [0.4, 0.5) is 5.69 Å². The van der Waals surface area contributed by atoms with Crippen molar-refractivity contribution >= 4 is 37.5 Å². The Balaban J connectivity index is 2.60. The van der Waals surface area contributed by atoms with E-state index in [0.29, 0.717) is 12.1 Å². The van der Waals surface area contributed by atoms with Gasteiger partial charge < -0.3 is 5.32 Å².